The molecule has 1 saturated carbocycles. The molecule has 1 N–H and O–H groups in total. The van der Waals surface area contributed by atoms with Crippen molar-refractivity contribution >= 4 is 5.97 Å². The van der Waals surface area contributed by atoms with Crippen LogP contribution in [0.3, 0.4) is 0 Å². The average Bonchev–Trinajstić information content (AvgIpc) is 3.12. The van der Waals surface area contributed by atoms with E-state index in [0.717, 1.165) is 30.6 Å². The van der Waals surface area contributed by atoms with Gasteiger partial charge in [-0.05, 0) is 95.3 Å². The van der Waals surface area contributed by atoms with Crippen molar-refractivity contribution in [3.63, 3.8) is 0 Å². The first-order valence-electron chi connectivity index (χ1n) is 11.0. The molecule has 1 fully saturated rings. The summed E-state index contributed by atoms with van der Waals surface area (Å²) in [6.45, 7) is 11.4. The molecule has 5 atom stereocenters. The smallest absolute Gasteiger partial charge is 0.330 e. The molecule has 27 heavy (non-hydrogen) atoms. The first kappa shape index (κ1) is 20.4. The highest BCUT2D eigenvalue weighted by Crippen LogP contribution is 2.58. The van der Waals surface area contributed by atoms with Crippen molar-refractivity contribution < 1.29 is 9.90 Å². The lowest BCUT2D eigenvalue weighted by Gasteiger charge is -2.39. The molecule has 150 valence electrons. The number of hydrogen-bond donors (Lipinski definition) is 1. The minimum atomic E-state index is -0.786. The maximum atomic E-state index is 11.0. The minimum Gasteiger partial charge on any atom is -0.478 e. The van der Waals surface area contributed by atoms with Crippen LogP contribution in [0.15, 0.2) is 34.4 Å². The highest BCUT2D eigenvalue weighted by molar-refractivity contribution is 5.85. The molecule has 0 amide bonds. The molecule has 3 aliphatic rings. The summed E-state index contributed by atoms with van der Waals surface area (Å²) in [5.41, 5.74) is 5.98. The van der Waals surface area contributed by atoms with E-state index >= 15 is 0 Å². The summed E-state index contributed by atoms with van der Waals surface area (Å²) in [7, 11) is 0. The Balaban J connectivity index is 1.74. The molecule has 2 heteroatoms. The third-order valence-corrected chi connectivity index (χ3v) is 8.22. The van der Waals surface area contributed by atoms with Gasteiger partial charge in [-0.25, -0.2) is 4.79 Å². The lowest BCUT2D eigenvalue weighted by atomic mass is 9.65. The van der Waals surface area contributed by atoms with Gasteiger partial charge in [-0.2, -0.15) is 0 Å². The van der Waals surface area contributed by atoms with Gasteiger partial charge < -0.3 is 5.11 Å². The lowest BCUT2D eigenvalue weighted by molar-refractivity contribution is -0.132. The fourth-order valence-electron chi connectivity index (χ4n) is 6.28. The highest BCUT2D eigenvalue weighted by atomic mass is 16.4. The van der Waals surface area contributed by atoms with Gasteiger partial charge in [0.25, 0.3) is 0 Å². The Bertz CT molecular complexity index is 680. The van der Waals surface area contributed by atoms with Crippen LogP contribution in [-0.4, -0.2) is 11.1 Å². The van der Waals surface area contributed by atoms with Gasteiger partial charge in [-0.1, -0.05) is 42.7 Å². The van der Waals surface area contributed by atoms with Gasteiger partial charge in [0.2, 0.25) is 0 Å². The normalized spacial score (nSPS) is 37.1. The number of rotatable bonds is 5. The molecule has 0 unspecified atom stereocenters. The van der Waals surface area contributed by atoms with Gasteiger partial charge in [0.15, 0.2) is 0 Å². The predicted octanol–water partition coefficient (Wildman–Crippen LogP) is 6.93. The van der Waals surface area contributed by atoms with Crippen molar-refractivity contribution in [2.45, 2.75) is 86.0 Å². The molecular formula is C25H38O2. The Morgan fingerprint density at radius 1 is 1.37 bits per heavy atom. The Morgan fingerprint density at radius 3 is 2.81 bits per heavy atom. The van der Waals surface area contributed by atoms with Crippen LogP contribution in [0.4, 0.5) is 0 Å². The number of allylic oxidation sites excluding steroid dienone is 5. The summed E-state index contributed by atoms with van der Waals surface area (Å²) >= 11 is 0. The van der Waals surface area contributed by atoms with Crippen molar-refractivity contribution in [2.24, 2.45) is 29.1 Å². The Labute approximate surface area is 165 Å². The monoisotopic (exact) mass is 370 g/mol. The topological polar surface area (TPSA) is 37.3 Å². The quantitative estimate of drug-likeness (QED) is 0.420. The number of fused-ring (bicyclic) bond motifs is 2. The molecule has 3 rings (SSSR count). The maximum absolute atomic E-state index is 11.0. The molecular weight excluding hydrogens is 332 g/mol. The van der Waals surface area contributed by atoms with Crippen LogP contribution < -0.4 is 0 Å². The molecule has 3 aliphatic carbocycles. The standard InChI is InChI=1S/C25H38O2/c1-16(7-6-8-19(4)24(26)27)21-13-14-25(5)15-22-18(3)9-11-20(22)17(2)10-12-23(21)25/h8,10,16,20-21,23H,6-7,9,11-15H2,1-5H3,(H,26,27)/b17-10-,19-8+/t16-,20-,21+,23+,25-/m0/s1. The van der Waals surface area contributed by atoms with Crippen LogP contribution in [0.5, 0.6) is 0 Å². The number of carboxylic acid groups (broad SMARTS) is 1. The van der Waals surface area contributed by atoms with E-state index in [0.29, 0.717) is 16.9 Å². The van der Waals surface area contributed by atoms with Gasteiger partial charge in [0.1, 0.15) is 0 Å². The molecule has 0 spiro atoms. The molecule has 2 nitrogen and oxygen atoms in total. The van der Waals surface area contributed by atoms with Crippen LogP contribution in [0, 0.1) is 29.1 Å². The van der Waals surface area contributed by atoms with Crippen molar-refractivity contribution in [1.29, 1.82) is 0 Å². The van der Waals surface area contributed by atoms with E-state index in [4.69, 9.17) is 5.11 Å². The van der Waals surface area contributed by atoms with E-state index in [2.05, 4.69) is 33.8 Å². The number of carbonyl (C=O) groups is 1. The van der Waals surface area contributed by atoms with Gasteiger partial charge in [0.05, 0.1) is 0 Å². The predicted molar refractivity (Wildman–Crippen MR) is 113 cm³/mol. The zero-order valence-corrected chi connectivity index (χ0v) is 18.0. The van der Waals surface area contributed by atoms with Crippen molar-refractivity contribution in [3.05, 3.63) is 34.4 Å². The molecule has 0 aliphatic heterocycles. The van der Waals surface area contributed by atoms with Crippen molar-refractivity contribution in [2.75, 3.05) is 0 Å². The summed E-state index contributed by atoms with van der Waals surface area (Å²) in [5, 5.41) is 9.05. The van der Waals surface area contributed by atoms with Crippen LogP contribution in [0.25, 0.3) is 0 Å². The zero-order valence-electron chi connectivity index (χ0n) is 18.0. The van der Waals surface area contributed by atoms with E-state index in [1.807, 2.05) is 6.08 Å². The molecule has 0 aromatic heterocycles. The van der Waals surface area contributed by atoms with Crippen LogP contribution in [0.2, 0.25) is 0 Å². The molecule has 0 bridgehead atoms. The molecule has 0 aromatic rings. The fourth-order valence-corrected chi connectivity index (χ4v) is 6.28. The Morgan fingerprint density at radius 2 is 2.11 bits per heavy atom. The van der Waals surface area contributed by atoms with E-state index in [1.54, 1.807) is 23.6 Å². The number of carboxylic acids is 1. The Hall–Kier alpha value is -1.31. The third kappa shape index (κ3) is 4.10. The second kappa shape index (κ2) is 7.97. The summed E-state index contributed by atoms with van der Waals surface area (Å²) in [6.07, 6.45) is 14.3. The van der Waals surface area contributed by atoms with E-state index in [1.165, 1.54) is 38.5 Å². The molecule has 0 heterocycles. The van der Waals surface area contributed by atoms with Gasteiger partial charge in [0, 0.05) is 11.5 Å². The van der Waals surface area contributed by atoms with Crippen LogP contribution >= 0.6 is 0 Å². The van der Waals surface area contributed by atoms with Crippen molar-refractivity contribution in [1.82, 2.24) is 0 Å². The molecule has 0 aromatic carbocycles. The summed E-state index contributed by atoms with van der Waals surface area (Å²) in [5.74, 6) is 2.15. The average molecular weight is 371 g/mol. The van der Waals surface area contributed by atoms with Crippen LogP contribution in [0.1, 0.15) is 86.0 Å². The summed E-state index contributed by atoms with van der Waals surface area (Å²) in [4.78, 5) is 11.0. The lowest BCUT2D eigenvalue weighted by Crippen LogP contribution is -2.30. The molecule has 0 radical (unpaired) electrons. The van der Waals surface area contributed by atoms with Crippen LogP contribution in [-0.2, 0) is 4.79 Å². The zero-order chi connectivity index (χ0) is 19.8. The first-order valence-corrected chi connectivity index (χ1v) is 11.0. The fraction of sp³-hybridized carbons (Fsp3) is 0.720. The second-order valence-corrected chi connectivity index (χ2v) is 9.97. The van der Waals surface area contributed by atoms with Gasteiger partial charge in [-0.3, -0.25) is 0 Å². The Kier molecular flexibility index (Phi) is 6.03. The molecule has 0 saturated heterocycles. The number of hydrogen-bond acceptors (Lipinski definition) is 1. The summed E-state index contributed by atoms with van der Waals surface area (Å²) < 4.78 is 0. The van der Waals surface area contributed by atoms with E-state index < -0.39 is 5.97 Å². The van der Waals surface area contributed by atoms with Gasteiger partial charge >= 0.3 is 5.97 Å². The first-order chi connectivity index (χ1) is 12.7. The van der Waals surface area contributed by atoms with Crippen molar-refractivity contribution in [3.8, 4) is 0 Å². The minimum absolute atomic E-state index is 0.447. The SMILES string of the molecule is CC1=C2C[C@]3(C)CC[C@H]([C@@H](C)CC/C=C(\C)C(=O)O)[C@H]3C/C=C(/C)[C@@H]2CC1. The third-order valence-electron chi connectivity index (χ3n) is 8.22. The summed E-state index contributed by atoms with van der Waals surface area (Å²) in [6, 6.07) is 0. The number of aliphatic carboxylic acids is 1. The second-order valence-electron chi connectivity index (χ2n) is 9.97. The van der Waals surface area contributed by atoms with E-state index in [-0.39, 0.29) is 0 Å². The highest BCUT2D eigenvalue weighted by Gasteiger charge is 2.48. The van der Waals surface area contributed by atoms with E-state index in [9.17, 15) is 4.79 Å². The van der Waals surface area contributed by atoms with Gasteiger partial charge in [-0.15, -0.1) is 0 Å². The largest absolute Gasteiger partial charge is 0.478 e. The maximum Gasteiger partial charge on any atom is 0.330 e.